The number of non-ortho nitro benzene ring substituents is 1. The lowest BCUT2D eigenvalue weighted by Crippen LogP contribution is -2.13. The zero-order chi connectivity index (χ0) is 15.6. The van der Waals surface area contributed by atoms with Crippen LogP contribution < -0.4 is 5.32 Å². The SMILES string of the molecule is O=C(Nc1nncs1)c1cc([N+](=O)[O-])cc([N+](=O)[O-])c1Cl. The van der Waals surface area contributed by atoms with Crippen LogP contribution in [0, 0.1) is 20.2 Å². The van der Waals surface area contributed by atoms with Crippen molar-refractivity contribution in [3.63, 3.8) is 0 Å². The fourth-order valence-corrected chi connectivity index (χ4v) is 2.09. The molecule has 2 rings (SSSR count). The quantitative estimate of drug-likeness (QED) is 0.669. The van der Waals surface area contributed by atoms with E-state index in [1.165, 1.54) is 5.51 Å². The molecule has 1 N–H and O–H groups in total. The van der Waals surface area contributed by atoms with Gasteiger partial charge in [-0.2, -0.15) is 0 Å². The maximum atomic E-state index is 12.0. The smallest absolute Gasteiger partial charge is 0.295 e. The summed E-state index contributed by atoms with van der Waals surface area (Å²) in [6, 6.07) is 1.54. The maximum Gasteiger partial charge on any atom is 0.295 e. The second kappa shape index (κ2) is 5.76. The molecule has 21 heavy (non-hydrogen) atoms. The van der Waals surface area contributed by atoms with Crippen molar-refractivity contribution in [3.8, 4) is 0 Å². The summed E-state index contributed by atoms with van der Waals surface area (Å²) in [5.74, 6) is -0.858. The van der Waals surface area contributed by atoms with Gasteiger partial charge < -0.3 is 0 Å². The Balaban J connectivity index is 2.48. The van der Waals surface area contributed by atoms with Gasteiger partial charge in [-0.3, -0.25) is 30.3 Å². The van der Waals surface area contributed by atoms with E-state index in [1.54, 1.807) is 0 Å². The molecule has 0 aliphatic rings. The molecule has 0 unspecified atom stereocenters. The van der Waals surface area contributed by atoms with Crippen LogP contribution in [0.25, 0.3) is 0 Å². The first kappa shape index (κ1) is 14.7. The average Bonchev–Trinajstić information content (AvgIpc) is 2.90. The first-order valence-electron chi connectivity index (χ1n) is 5.10. The highest BCUT2D eigenvalue weighted by molar-refractivity contribution is 7.13. The summed E-state index contributed by atoms with van der Waals surface area (Å²) in [5, 5.41) is 30.6. The number of nitrogens with zero attached hydrogens (tertiary/aromatic N) is 4. The van der Waals surface area contributed by atoms with E-state index in [-0.39, 0.29) is 5.13 Å². The lowest BCUT2D eigenvalue weighted by atomic mass is 10.1. The van der Waals surface area contributed by atoms with Crippen LogP contribution in [-0.4, -0.2) is 26.0 Å². The Bertz CT molecular complexity index is 734. The van der Waals surface area contributed by atoms with Crippen molar-refractivity contribution < 1.29 is 14.6 Å². The third-order valence-electron chi connectivity index (χ3n) is 2.27. The number of aromatic nitrogens is 2. The Morgan fingerprint density at radius 1 is 1.29 bits per heavy atom. The zero-order valence-electron chi connectivity index (χ0n) is 9.85. The Morgan fingerprint density at radius 2 is 2.00 bits per heavy atom. The number of carbonyl (C=O) groups excluding carboxylic acids is 1. The number of nitro groups is 2. The molecule has 0 aliphatic carbocycles. The Labute approximate surface area is 124 Å². The van der Waals surface area contributed by atoms with Crippen LogP contribution >= 0.6 is 22.9 Å². The van der Waals surface area contributed by atoms with E-state index in [9.17, 15) is 25.0 Å². The number of hydrogen-bond acceptors (Lipinski definition) is 8. The summed E-state index contributed by atoms with van der Waals surface area (Å²) in [6.45, 7) is 0. The standard InChI is InChI=1S/C9H4ClN5O5S/c10-7-5(8(16)12-9-13-11-3-21-9)1-4(14(17)18)2-6(7)15(19)20/h1-3H,(H,12,13,16). The first-order chi connectivity index (χ1) is 9.90. The van der Waals surface area contributed by atoms with Crippen molar-refractivity contribution in [3.05, 3.63) is 48.5 Å². The second-order valence-electron chi connectivity index (χ2n) is 3.54. The van der Waals surface area contributed by atoms with Crippen LogP contribution in [0.5, 0.6) is 0 Å². The minimum Gasteiger partial charge on any atom is -0.296 e. The van der Waals surface area contributed by atoms with Gasteiger partial charge in [0.25, 0.3) is 17.3 Å². The topological polar surface area (TPSA) is 141 Å². The number of benzene rings is 1. The minimum absolute atomic E-state index is 0.130. The summed E-state index contributed by atoms with van der Waals surface area (Å²) in [4.78, 5) is 31.8. The number of carbonyl (C=O) groups is 1. The molecular weight excluding hydrogens is 326 g/mol. The normalized spacial score (nSPS) is 10.1. The molecule has 0 fully saturated rings. The van der Waals surface area contributed by atoms with Crippen molar-refractivity contribution in [2.75, 3.05) is 5.32 Å². The number of amides is 1. The summed E-state index contributed by atoms with van der Waals surface area (Å²) in [5.41, 5.74) is -0.387. The van der Waals surface area contributed by atoms with E-state index in [4.69, 9.17) is 11.6 Å². The molecule has 108 valence electrons. The van der Waals surface area contributed by atoms with Crippen molar-refractivity contribution in [2.24, 2.45) is 0 Å². The van der Waals surface area contributed by atoms with Gasteiger partial charge in [-0.15, -0.1) is 10.2 Å². The molecule has 0 aliphatic heterocycles. The van der Waals surface area contributed by atoms with E-state index in [1.807, 2.05) is 0 Å². The van der Waals surface area contributed by atoms with Crippen molar-refractivity contribution in [1.29, 1.82) is 0 Å². The lowest BCUT2D eigenvalue weighted by Gasteiger charge is -2.04. The van der Waals surface area contributed by atoms with Gasteiger partial charge in [-0.25, -0.2) is 0 Å². The van der Waals surface area contributed by atoms with Crippen LogP contribution in [0.1, 0.15) is 10.4 Å². The third-order valence-corrected chi connectivity index (χ3v) is 3.27. The van der Waals surface area contributed by atoms with Crippen molar-refractivity contribution in [2.45, 2.75) is 0 Å². The molecule has 0 atom stereocenters. The predicted octanol–water partition coefficient (Wildman–Crippen LogP) is 2.26. The van der Waals surface area contributed by atoms with E-state index in [2.05, 4.69) is 15.5 Å². The molecule has 1 aromatic heterocycles. The third kappa shape index (κ3) is 3.09. The van der Waals surface area contributed by atoms with Crippen LogP contribution in [0.15, 0.2) is 17.6 Å². The van der Waals surface area contributed by atoms with Gasteiger partial charge in [0.05, 0.1) is 21.5 Å². The Morgan fingerprint density at radius 3 is 2.52 bits per heavy atom. The molecule has 1 aromatic carbocycles. The van der Waals surface area contributed by atoms with Gasteiger partial charge in [0.2, 0.25) is 5.13 Å². The molecule has 1 amide bonds. The maximum absolute atomic E-state index is 12.0. The highest BCUT2D eigenvalue weighted by Gasteiger charge is 2.26. The van der Waals surface area contributed by atoms with Crippen LogP contribution in [0.3, 0.4) is 0 Å². The molecule has 1 heterocycles. The Kier molecular flexibility index (Phi) is 4.05. The Hall–Kier alpha value is -2.66. The molecular formula is C9H4ClN5O5S. The van der Waals surface area contributed by atoms with E-state index >= 15 is 0 Å². The van der Waals surface area contributed by atoms with E-state index in [0.717, 1.165) is 17.4 Å². The summed E-state index contributed by atoms with van der Waals surface area (Å²) < 4.78 is 0. The van der Waals surface area contributed by atoms with Gasteiger partial charge >= 0.3 is 0 Å². The van der Waals surface area contributed by atoms with Gasteiger partial charge in [0.15, 0.2) is 0 Å². The first-order valence-corrected chi connectivity index (χ1v) is 6.35. The largest absolute Gasteiger partial charge is 0.296 e. The molecule has 0 radical (unpaired) electrons. The minimum atomic E-state index is -0.906. The molecule has 0 saturated carbocycles. The molecule has 0 saturated heterocycles. The molecule has 12 heteroatoms. The second-order valence-corrected chi connectivity index (χ2v) is 4.75. The van der Waals surface area contributed by atoms with Crippen molar-refractivity contribution >= 4 is 45.4 Å². The highest BCUT2D eigenvalue weighted by Crippen LogP contribution is 2.33. The van der Waals surface area contributed by atoms with E-state index in [0.29, 0.717) is 6.07 Å². The van der Waals surface area contributed by atoms with E-state index < -0.39 is 37.7 Å². The van der Waals surface area contributed by atoms with Crippen LogP contribution in [0.4, 0.5) is 16.5 Å². The molecule has 2 aromatic rings. The molecule has 0 spiro atoms. The average molecular weight is 330 g/mol. The van der Waals surface area contributed by atoms with Gasteiger partial charge in [0, 0.05) is 6.07 Å². The fourth-order valence-electron chi connectivity index (χ4n) is 1.39. The molecule has 0 bridgehead atoms. The van der Waals surface area contributed by atoms with Crippen LogP contribution in [-0.2, 0) is 0 Å². The van der Waals surface area contributed by atoms with Gasteiger partial charge in [-0.1, -0.05) is 22.9 Å². The number of nitro benzene ring substituents is 2. The zero-order valence-corrected chi connectivity index (χ0v) is 11.4. The van der Waals surface area contributed by atoms with Crippen LogP contribution in [0.2, 0.25) is 5.02 Å². The number of halogens is 1. The summed E-state index contributed by atoms with van der Waals surface area (Å²) in [7, 11) is 0. The van der Waals surface area contributed by atoms with Gasteiger partial charge in [0.1, 0.15) is 10.5 Å². The van der Waals surface area contributed by atoms with Gasteiger partial charge in [-0.05, 0) is 0 Å². The highest BCUT2D eigenvalue weighted by atomic mass is 35.5. The number of hydrogen-bond donors (Lipinski definition) is 1. The monoisotopic (exact) mass is 329 g/mol. The summed E-state index contributed by atoms with van der Waals surface area (Å²) >= 11 is 6.77. The summed E-state index contributed by atoms with van der Waals surface area (Å²) in [6.07, 6.45) is 0. The predicted molar refractivity (Wildman–Crippen MR) is 72.6 cm³/mol. The fraction of sp³-hybridized carbons (Fsp3) is 0. The number of anilines is 1. The molecule has 10 nitrogen and oxygen atoms in total. The number of nitrogens with one attached hydrogen (secondary N) is 1. The lowest BCUT2D eigenvalue weighted by molar-refractivity contribution is -0.394. The number of rotatable bonds is 4. The van der Waals surface area contributed by atoms with Crippen molar-refractivity contribution in [1.82, 2.24) is 10.2 Å².